The van der Waals surface area contributed by atoms with Crippen molar-refractivity contribution in [3.05, 3.63) is 24.7 Å². The molecule has 10 nitrogen and oxygen atoms in total. The number of carbonyl (C=O) groups excluding carboxylic acids is 2. The standard InChI is InChI=1S/C15H22N6O4/c1-4-20(7-6-11(22)24-5-2)19(3)21-8-9-25-14-12(15(21)23)13(16)17-10-18-14/h4,10H,1,5-9H2,2-3H3,(H2,16,17,18). The van der Waals surface area contributed by atoms with Crippen molar-refractivity contribution in [1.82, 2.24) is 25.1 Å². The maximum atomic E-state index is 12.9. The van der Waals surface area contributed by atoms with Gasteiger partial charge in [-0.3, -0.25) is 14.6 Å². The first-order valence-electron chi connectivity index (χ1n) is 7.83. The van der Waals surface area contributed by atoms with Crippen LogP contribution >= 0.6 is 0 Å². The average Bonchev–Trinajstić information content (AvgIpc) is 2.75. The minimum absolute atomic E-state index is 0.0481. The number of anilines is 1. The van der Waals surface area contributed by atoms with Crippen LogP contribution in [0.2, 0.25) is 0 Å². The second-order valence-electron chi connectivity index (χ2n) is 5.11. The number of nitrogen functional groups attached to an aromatic ring is 1. The van der Waals surface area contributed by atoms with Gasteiger partial charge in [0, 0.05) is 19.8 Å². The van der Waals surface area contributed by atoms with E-state index >= 15 is 0 Å². The molecule has 10 heteroatoms. The molecule has 1 amide bonds. The lowest BCUT2D eigenvalue weighted by atomic mass is 10.2. The summed E-state index contributed by atoms with van der Waals surface area (Å²) in [6.45, 7) is 6.60. The summed E-state index contributed by atoms with van der Waals surface area (Å²) in [5, 5.41) is 4.61. The van der Waals surface area contributed by atoms with Crippen LogP contribution in [-0.4, -0.2) is 70.3 Å². The van der Waals surface area contributed by atoms with E-state index in [9.17, 15) is 9.59 Å². The lowest BCUT2D eigenvalue weighted by Gasteiger charge is -2.38. The molecule has 0 radical (unpaired) electrons. The van der Waals surface area contributed by atoms with Gasteiger partial charge >= 0.3 is 5.97 Å². The zero-order chi connectivity index (χ0) is 18.4. The first-order valence-corrected chi connectivity index (χ1v) is 7.83. The number of hydrazine groups is 2. The molecule has 0 fully saturated rings. The third kappa shape index (κ3) is 4.15. The highest BCUT2D eigenvalue weighted by Crippen LogP contribution is 2.25. The monoisotopic (exact) mass is 350 g/mol. The number of fused-ring (bicyclic) bond motifs is 1. The summed E-state index contributed by atoms with van der Waals surface area (Å²) in [6, 6.07) is 0. The first-order chi connectivity index (χ1) is 12.0. The molecule has 0 saturated heterocycles. The van der Waals surface area contributed by atoms with Crippen LogP contribution < -0.4 is 10.5 Å². The molecule has 136 valence electrons. The van der Waals surface area contributed by atoms with E-state index in [0.29, 0.717) is 13.2 Å². The molecule has 1 aliphatic heterocycles. The third-order valence-electron chi connectivity index (χ3n) is 3.61. The van der Waals surface area contributed by atoms with Crippen LogP contribution in [-0.2, 0) is 9.53 Å². The van der Waals surface area contributed by atoms with Gasteiger partial charge in [-0.15, -0.1) is 5.12 Å². The van der Waals surface area contributed by atoms with E-state index in [4.69, 9.17) is 15.2 Å². The summed E-state index contributed by atoms with van der Waals surface area (Å²) in [5.74, 6) is -0.510. The van der Waals surface area contributed by atoms with Gasteiger partial charge in [0.15, 0.2) is 0 Å². The largest absolute Gasteiger partial charge is 0.475 e. The van der Waals surface area contributed by atoms with Gasteiger partial charge in [0.05, 0.1) is 19.6 Å². The van der Waals surface area contributed by atoms with Gasteiger partial charge in [0.1, 0.15) is 24.3 Å². The lowest BCUT2D eigenvalue weighted by Crippen LogP contribution is -2.52. The SMILES string of the molecule is C=CN(CCC(=O)OCC)N(C)N1CCOc2ncnc(N)c2C1=O. The Balaban J connectivity index is 2.15. The summed E-state index contributed by atoms with van der Waals surface area (Å²) in [5.41, 5.74) is 5.92. The van der Waals surface area contributed by atoms with E-state index in [1.807, 2.05) is 0 Å². The van der Waals surface area contributed by atoms with Gasteiger partial charge in [0.25, 0.3) is 5.91 Å². The molecule has 0 aromatic carbocycles. The van der Waals surface area contributed by atoms with Gasteiger partial charge in [-0.2, -0.15) is 0 Å². The zero-order valence-electron chi connectivity index (χ0n) is 14.3. The molecule has 1 aliphatic rings. The van der Waals surface area contributed by atoms with Gasteiger partial charge < -0.3 is 15.2 Å². The number of nitrogens with two attached hydrogens (primary N) is 1. The third-order valence-corrected chi connectivity index (χ3v) is 3.61. The van der Waals surface area contributed by atoms with Crippen molar-refractivity contribution in [2.45, 2.75) is 13.3 Å². The molecule has 0 atom stereocenters. The highest BCUT2D eigenvalue weighted by atomic mass is 16.5. The number of rotatable bonds is 7. The number of aromatic nitrogens is 2. The summed E-state index contributed by atoms with van der Waals surface area (Å²) >= 11 is 0. The minimum Gasteiger partial charge on any atom is -0.475 e. The fraction of sp³-hybridized carbons (Fsp3) is 0.467. The van der Waals surface area contributed by atoms with Crippen LogP contribution in [0.5, 0.6) is 5.88 Å². The highest BCUT2D eigenvalue weighted by Gasteiger charge is 2.31. The Bertz CT molecular complexity index is 653. The van der Waals surface area contributed by atoms with Crippen molar-refractivity contribution < 1.29 is 19.1 Å². The lowest BCUT2D eigenvalue weighted by molar-refractivity contribution is -0.147. The van der Waals surface area contributed by atoms with E-state index in [-0.39, 0.29) is 42.8 Å². The Morgan fingerprint density at radius 3 is 3.00 bits per heavy atom. The zero-order valence-corrected chi connectivity index (χ0v) is 14.3. The Labute approximate surface area is 145 Å². The second kappa shape index (κ2) is 8.29. The van der Waals surface area contributed by atoms with Crippen molar-refractivity contribution in [3.63, 3.8) is 0 Å². The quantitative estimate of drug-likeness (QED) is 0.538. The van der Waals surface area contributed by atoms with Crippen molar-refractivity contribution in [3.8, 4) is 5.88 Å². The molecule has 2 N–H and O–H groups in total. The predicted octanol–water partition coefficient (Wildman–Crippen LogP) is 0.0539. The normalized spacial score (nSPS) is 13.7. The number of nitrogens with zero attached hydrogens (tertiary/aromatic N) is 5. The number of hydrogen-bond acceptors (Lipinski definition) is 9. The average molecular weight is 350 g/mol. The molecule has 0 spiro atoms. The molecule has 0 unspecified atom stereocenters. The Hall–Kier alpha value is -2.88. The van der Waals surface area contributed by atoms with Gasteiger partial charge in [0.2, 0.25) is 5.88 Å². The van der Waals surface area contributed by atoms with Crippen LogP contribution in [0.15, 0.2) is 19.1 Å². The van der Waals surface area contributed by atoms with Gasteiger partial charge in [-0.1, -0.05) is 6.58 Å². The van der Waals surface area contributed by atoms with E-state index in [2.05, 4.69) is 16.5 Å². The first kappa shape index (κ1) is 18.5. The van der Waals surface area contributed by atoms with E-state index < -0.39 is 5.91 Å². The fourth-order valence-corrected chi connectivity index (χ4v) is 2.36. The number of ether oxygens (including phenoxy) is 2. The van der Waals surface area contributed by atoms with Crippen molar-refractivity contribution >= 4 is 17.7 Å². The highest BCUT2D eigenvalue weighted by molar-refractivity contribution is 6.00. The topological polar surface area (TPSA) is 114 Å². The Morgan fingerprint density at radius 1 is 1.56 bits per heavy atom. The molecule has 0 saturated carbocycles. The second-order valence-corrected chi connectivity index (χ2v) is 5.11. The summed E-state index contributed by atoms with van der Waals surface area (Å²) in [6.07, 6.45) is 2.92. The molecule has 1 aromatic rings. The summed E-state index contributed by atoms with van der Waals surface area (Å²) in [4.78, 5) is 32.2. The number of carbonyl (C=O) groups is 2. The number of amides is 1. The molecule has 0 aliphatic carbocycles. The maximum Gasteiger partial charge on any atom is 0.307 e. The van der Waals surface area contributed by atoms with Crippen molar-refractivity contribution in [1.29, 1.82) is 0 Å². The van der Waals surface area contributed by atoms with Gasteiger partial charge in [-0.25, -0.2) is 15.0 Å². The van der Waals surface area contributed by atoms with Crippen LogP contribution in [0.4, 0.5) is 5.82 Å². The Kier molecular flexibility index (Phi) is 6.12. The molecule has 25 heavy (non-hydrogen) atoms. The van der Waals surface area contributed by atoms with E-state index in [0.717, 1.165) is 0 Å². The van der Waals surface area contributed by atoms with Crippen LogP contribution in [0.1, 0.15) is 23.7 Å². The predicted molar refractivity (Wildman–Crippen MR) is 88.9 cm³/mol. The van der Waals surface area contributed by atoms with E-state index in [1.54, 1.807) is 24.1 Å². The summed E-state index contributed by atoms with van der Waals surface area (Å²) < 4.78 is 10.4. The molecular formula is C15H22N6O4. The number of hydrogen-bond donors (Lipinski definition) is 1. The summed E-state index contributed by atoms with van der Waals surface area (Å²) in [7, 11) is 1.68. The van der Waals surface area contributed by atoms with Crippen molar-refractivity contribution in [2.24, 2.45) is 0 Å². The molecule has 1 aromatic heterocycles. The van der Waals surface area contributed by atoms with Crippen LogP contribution in [0.25, 0.3) is 0 Å². The Morgan fingerprint density at radius 2 is 2.32 bits per heavy atom. The molecule has 0 bridgehead atoms. The van der Waals surface area contributed by atoms with Crippen LogP contribution in [0.3, 0.4) is 0 Å². The van der Waals surface area contributed by atoms with E-state index in [1.165, 1.54) is 17.5 Å². The maximum absolute atomic E-state index is 12.9. The molecular weight excluding hydrogens is 328 g/mol. The minimum atomic E-state index is -0.393. The van der Waals surface area contributed by atoms with Crippen molar-refractivity contribution in [2.75, 3.05) is 39.1 Å². The molecule has 2 rings (SSSR count). The fourth-order valence-electron chi connectivity index (χ4n) is 2.36. The molecule has 2 heterocycles. The van der Waals surface area contributed by atoms with Crippen LogP contribution in [0, 0.1) is 0 Å². The van der Waals surface area contributed by atoms with Gasteiger partial charge in [-0.05, 0) is 6.92 Å². The smallest absolute Gasteiger partial charge is 0.307 e. The number of esters is 1.